The first-order valence-corrected chi connectivity index (χ1v) is 7.83. The zero-order valence-corrected chi connectivity index (χ0v) is 18.2. The summed E-state index contributed by atoms with van der Waals surface area (Å²) >= 11 is 0. The van der Waals surface area contributed by atoms with E-state index < -0.39 is 36.5 Å². The molecule has 0 aliphatic heterocycles. The van der Waals surface area contributed by atoms with Crippen molar-refractivity contribution in [3.8, 4) is 0 Å². The molecule has 13 heteroatoms. The third kappa shape index (κ3) is 33.7. The monoisotopic (exact) mass is 601 g/mol. The van der Waals surface area contributed by atoms with E-state index in [-0.39, 0.29) is 38.7 Å². The molecule has 1 saturated carbocycles. The number of hydrogen-bond donors (Lipinski definition) is 4. The molecular weight excluding hydrogens is 575 g/mol. The zero-order chi connectivity index (χ0) is 22.9. The Kier molecular flexibility index (Phi) is 24.1. The largest absolute Gasteiger partial charge is 2.00 e. The molecule has 1 aliphatic carbocycles. The van der Waals surface area contributed by atoms with Crippen molar-refractivity contribution in [3.63, 3.8) is 0 Å². The van der Waals surface area contributed by atoms with Gasteiger partial charge in [0, 0.05) is 12.5 Å². The maximum atomic E-state index is 10.5. The van der Waals surface area contributed by atoms with Gasteiger partial charge in [0.25, 0.3) is 5.97 Å². The summed E-state index contributed by atoms with van der Waals surface area (Å²) in [6.45, 7) is 5.19. The second-order valence-electron chi connectivity index (χ2n) is 5.43. The topological polar surface area (TPSA) is 223 Å². The Morgan fingerprint density at radius 3 is 1.31 bits per heavy atom. The number of carbonyl (C=O) groups is 5. The van der Waals surface area contributed by atoms with Gasteiger partial charge in [-0.3, -0.25) is 4.79 Å². The second-order valence-corrected chi connectivity index (χ2v) is 5.43. The van der Waals surface area contributed by atoms with Crippen molar-refractivity contribution < 1.29 is 70.2 Å². The molecule has 0 bridgehead atoms. The molecule has 0 aromatic rings. The van der Waals surface area contributed by atoms with Crippen LogP contribution in [0.1, 0.15) is 39.5 Å². The molecule has 0 heterocycles. The molecule has 0 spiro atoms. The molecule has 0 aromatic carbocycles. The van der Waals surface area contributed by atoms with Crippen LogP contribution in [0.5, 0.6) is 0 Å². The second kappa shape index (κ2) is 20.4. The maximum Gasteiger partial charge on any atom is 2.00 e. The Morgan fingerprint density at radius 2 is 1.14 bits per heavy atom. The molecule has 0 atom stereocenters. The summed E-state index contributed by atoms with van der Waals surface area (Å²) in [7, 11) is 0. The minimum atomic E-state index is -1.82. The van der Waals surface area contributed by atoms with Crippen molar-refractivity contribution in [1.29, 1.82) is 0 Å². The number of aliphatic carboxylic acids is 4. The molecule has 12 nitrogen and oxygen atoms in total. The molecule has 0 aromatic heterocycles. The standard InChI is InChI=1S/C6H12N2.C6H8O4.C2H2O4.C2H4O2.Pt/c7-5-1-2-6(8)4-3-5;1-4(2)6(9)10-3-5(7)8;3-1(4)2(5)6;1-2(3)4;/h5-8H,1-4H2;1,3H2,2H3,(H,7,8);(H,3,4)(H,5,6);1H3,(H,3,4);/q-2;;;;+2. The Balaban J connectivity index is -0.000000149. The summed E-state index contributed by atoms with van der Waals surface area (Å²) in [5.74, 6) is -6.33. The van der Waals surface area contributed by atoms with Crippen molar-refractivity contribution in [2.45, 2.75) is 51.6 Å². The molecule has 0 saturated heterocycles. The van der Waals surface area contributed by atoms with Crippen LogP contribution in [0.25, 0.3) is 11.5 Å². The summed E-state index contributed by atoms with van der Waals surface area (Å²) in [5, 5.41) is 30.2. The van der Waals surface area contributed by atoms with E-state index in [0.717, 1.165) is 32.6 Å². The van der Waals surface area contributed by atoms with Crippen molar-refractivity contribution >= 4 is 29.8 Å². The van der Waals surface area contributed by atoms with E-state index in [2.05, 4.69) is 11.3 Å². The Hall–Kier alpha value is -2.30. The molecule has 1 aliphatic rings. The number of nitrogens with one attached hydrogen (secondary N) is 2. The fourth-order valence-electron chi connectivity index (χ4n) is 1.34. The van der Waals surface area contributed by atoms with Gasteiger partial charge in [-0.05, 0) is 6.92 Å². The summed E-state index contributed by atoms with van der Waals surface area (Å²) in [6, 6.07) is 0.299. The Morgan fingerprint density at radius 1 is 0.862 bits per heavy atom. The van der Waals surface area contributed by atoms with Crippen LogP contribution >= 0.6 is 0 Å². The molecule has 170 valence electrons. The Bertz CT molecular complexity index is 520. The number of hydrogen-bond acceptors (Lipinski definition) is 6. The number of rotatable bonds is 3. The third-order valence-electron chi connectivity index (χ3n) is 2.59. The predicted octanol–water partition coefficient (Wildman–Crippen LogP) is 1.84. The van der Waals surface area contributed by atoms with Crippen LogP contribution in [0, 0.1) is 0 Å². The SMILES string of the molecule is C=C(C)C(=O)OCC(=O)O.CC(=O)O.O=C(O)C(=O)O.[NH-]C1CCC([NH-])CC1.[Pt+2]. The third-order valence-corrected chi connectivity index (χ3v) is 2.59. The number of carbonyl (C=O) groups excluding carboxylic acids is 1. The van der Waals surface area contributed by atoms with Gasteiger partial charge < -0.3 is 36.6 Å². The fraction of sp³-hybridized carbons (Fsp3) is 0.562. The maximum absolute atomic E-state index is 10.5. The van der Waals surface area contributed by atoms with Gasteiger partial charge in [0.05, 0.1) is 0 Å². The molecule has 1 fully saturated rings. The zero-order valence-electron chi connectivity index (χ0n) is 16.0. The van der Waals surface area contributed by atoms with Crippen LogP contribution in [-0.2, 0) is 49.8 Å². The van der Waals surface area contributed by atoms with Crippen LogP contribution in [0.4, 0.5) is 0 Å². The van der Waals surface area contributed by atoms with Crippen molar-refractivity contribution in [1.82, 2.24) is 0 Å². The first-order chi connectivity index (χ1) is 12.7. The smallest absolute Gasteiger partial charge is 0.675 e. The van der Waals surface area contributed by atoms with E-state index in [9.17, 15) is 9.59 Å². The van der Waals surface area contributed by atoms with E-state index in [1.165, 1.54) is 6.92 Å². The fourth-order valence-corrected chi connectivity index (χ4v) is 1.34. The van der Waals surface area contributed by atoms with E-state index in [4.69, 9.17) is 46.3 Å². The van der Waals surface area contributed by atoms with Crippen molar-refractivity contribution in [2.24, 2.45) is 0 Å². The first kappa shape index (κ1) is 34.2. The number of esters is 1. The van der Waals surface area contributed by atoms with Crippen LogP contribution in [0.15, 0.2) is 12.2 Å². The summed E-state index contributed by atoms with van der Waals surface area (Å²) in [4.78, 5) is 47.5. The van der Waals surface area contributed by atoms with Gasteiger partial charge in [-0.25, -0.2) is 19.2 Å². The van der Waals surface area contributed by atoms with E-state index in [1.54, 1.807) is 0 Å². The average Bonchev–Trinajstić information content (AvgIpc) is 2.55. The normalized spacial score (nSPS) is 16.3. The average molecular weight is 601 g/mol. The van der Waals surface area contributed by atoms with Crippen LogP contribution in [0.3, 0.4) is 0 Å². The van der Waals surface area contributed by atoms with Crippen LogP contribution in [0.2, 0.25) is 0 Å². The molecule has 0 amide bonds. The predicted molar refractivity (Wildman–Crippen MR) is 96.7 cm³/mol. The molecule has 0 radical (unpaired) electrons. The van der Waals surface area contributed by atoms with Crippen LogP contribution in [-0.4, -0.2) is 69.0 Å². The van der Waals surface area contributed by atoms with Gasteiger partial charge in [0.1, 0.15) is 0 Å². The number of carboxylic acid groups (broad SMARTS) is 4. The van der Waals surface area contributed by atoms with E-state index in [1.807, 2.05) is 0 Å². The van der Waals surface area contributed by atoms with Gasteiger partial charge >= 0.3 is 44.9 Å². The van der Waals surface area contributed by atoms with Crippen molar-refractivity contribution in [2.75, 3.05) is 6.61 Å². The van der Waals surface area contributed by atoms with Gasteiger partial charge in [0.15, 0.2) is 6.61 Å². The van der Waals surface area contributed by atoms with Crippen LogP contribution < -0.4 is 0 Å². The molecule has 6 N–H and O–H groups in total. The first-order valence-electron chi connectivity index (χ1n) is 7.83. The quantitative estimate of drug-likeness (QED) is 0.209. The molecular formula is C16H26N2O10Pt. The molecule has 29 heavy (non-hydrogen) atoms. The van der Waals surface area contributed by atoms with E-state index >= 15 is 0 Å². The van der Waals surface area contributed by atoms with E-state index in [0.29, 0.717) is 0 Å². The molecule has 1 rings (SSSR count). The number of ether oxygens (including phenoxy) is 1. The minimum absolute atomic E-state index is 0. The minimum Gasteiger partial charge on any atom is -0.675 e. The summed E-state index contributed by atoms with van der Waals surface area (Å²) in [6.07, 6.45) is 3.81. The van der Waals surface area contributed by atoms with Crippen molar-refractivity contribution in [3.05, 3.63) is 23.6 Å². The number of carboxylic acids is 4. The molecule has 0 unspecified atom stereocenters. The summed E-state index contributed by atoms with van der Waals surface area (Å²) < 4.78 is 4.23. The Labute approximate surface area is 182 Å². The van der Waals surface area contributed by atoms with Gasteiger partial charge in [0.2, 0.25) is 0 Å². The van der Waals surface area contributed by atoms with Gasteiger partial charge in [-0.15, -0.1) is 12.1 Å². The van der Waals surface area contributed by atoms with Gasteiger partial charge in [-0.2, -0.15) is 0 Å². The summed E-state index contributed by atoms with van der Waals surface area (Å²) in [5.41, 5.74) is 14.8. The van der Waals surface area contributed by atoms with Gasteiger partial charge in [-0.1, -0.05) is 32.3 Å².